The molecular formula is C19H26BFO5. The van der Waals surface area contributed by atoms with Gasteiger partial charge in [0.1, 0.15) is 7.85 Å². The van der Waals surface area contributed by atoms with Crippen LogP contribution >= 0.6 is 0 Å². The third-order valence-corrected chi connectivity index (χ3v) is 4.56. The summed E-state index contributed by atoms with van der Waals surface area (Å²) in [5.74, 6) is -1.53. The predicted molar refractivity (Wildman–Crippen MR) is 96.4 cm³/mol. The van der Waals surface area contributed by atoms with Crippen LogP contribution in [0.2, 0.25) is 0 Å². The molecular weight excluding hydrogens is 338 g/mol. The molecule has 0 spiro atoms. The van der Waals surface area contributed by atoms with E-state index >= 15 is 0 Å². The lowest BCUT2D eigenvalue weighted by atomic mass is 9.78. The van der Waals surface area contributed by atoms with E-state index in [4.69, 9.17) is 12.6 Å². The molecule has 0 fully saturated rings. The van der Waals surface area contributed by atoms with Gasteiger partial charge in [-0.2, -0.15) is 0 Å². The number of unbranched alkanes of at least 4 members (excludes halogenated alkanes) is 5. The third-order valence-electron chi connectivity index (χ3n) is 4.56. The van der Waals surface area contributed by atoms with Crippen LogP contribution in [0.25, 0.3) is 0 Å². The number of ether oxygens (including phenoxy) is 2. The third kappa shape index (κ3) is 5.82. The first-order valence-electron chi connectivity index (χ1n) is 8.89. The van der Waals surface area contributed by atoms with Crippen LogP contribution < -0.4 is 0 Å². The molecule has 0 aromatic carbocycles. The minimum absolute atomic E-state index is 0.0676. The Morgan fingerprint density at radius 3 is 2.19 bits per heavy atom. The Kier molecular flexibility index (Phi) is 9.31. The summed E-state index contributed by atoms with van der Waals surface area (Å²) in [5, 5.41) is 0. The van der Waals surface area contributed by atoms with Gasteiger partial charge < -0.3 is 9.47 Å². The van der Waals surface area contributed by atoms with Crippen LogP contribution in [0.4, 0.5) is 4.39 Å². The second kappa shape index (κ2) is 10.9. The summed E-state index contributed by atoms with van der Waals surface area (Å²) >= 11 is 0. The highest BCUT2D eigenvalue weighted by Crippen LogP contribution is 2.27. The maximum Gasteiger partial charge on any atom is 0.340 e. The van der Waals surface area contributed by atoms with E-state index in [1.54, 1.807) is 6.92 Å². The minimum atomic E-state index is -1.54. The van der Waals surface area contributed by atoms with Crippen LogP contribution in [0, 0.1) is 0 Å². The Morgan fingerprint density at radius 1 is 1.04 bits per heavy atom. The fraction of sp³-hybridized carbons (Fsp3) is 0.632. The smallest absolute Gasteiger partial charge is 0.340 e. The van der Waals surface area contributed by atoms with Crippen molar-refractivity contribution in [3.05, 3.63) is 22.4 Å². The number of halogens is 1. The Hall–Kier alpha value is -1.92. The molecule has 0 amide bonds. The summed E-state index contributed by atoms with van der Waals surface area (Å²) in [5.41, 5.74) is 0.737. The van der Waals surface area contributed by atoms with Crippen molar-refractivity contribution < 1.29 is 28.2 Å². The lowest BCUT2D eigenvalue weighted by Gasteiger charge is -2.19. The molecule has 1 aliphatic carbocycles. The molecule has 2 radical (unpaired) electrons. The van der Waals surface area contributed by atoms with Crippen molar-refractivity contribution in [3.63, 3.8) is 0 Å². The number of hydrogen-bond acceptors (Lipinski definition) is 5. The first-order valence-corrected chi connectivity index (χ1v) is 8.89. The first-order chi connectivity index (χ1) is 12.3. The average Bonchev–Trinajstić information content (AvgIpc) is 2.64. The molecule has 26 heavy (non-hydrogen) atoms. The number of Topliss-reactive ketones (excluding diaryl/α,β-unsaturated/α-hetero) is 2. The van der Waals surface area contributed by atoms with Crippen molar-refractivity contribution in [1.82, 2.24) is 0 Å². The summed E-state index contributed by atoms with van der Waals surface area (Å²) < 4.78 is 22.6. The number of ketones is 2. The van der Waals surface area contributed by atoms with Gasteiger partial charge in [-0.05, 0) is 38.1 Å². The zero-order valence-electron chi connectivity index (χ0n) is 15.7. The van der Waals surface area contributed by atoms with Crippen molar-refractivity contribution in [2.75, 3.05) is 14.2 Å². The predicted octanol–water partition coefficient (Wildman–Crippen LogP) is 3.11. The number of methoxy groups -OCH3 is 2. The lowest BCUT2D eigenvalue weighted by molar-refractivity contribution is -0.146. The van der Waals surface area contributed by atoms with Gasteiger partial charge in [0, 0.05) is 11.1 Å². The van der Waals surface area contributed by atoms with Crippen molar-refractivity contribution >= 4 is 25.4 Å². The van der Waals surface area contributed by atoms with Crippen molar-refractivity contribution in [2.24, 2.45) is 0 Å². The number of hydrogen-bond donors (Lipinski definition) is 0. The normalized spacial score (nSPS) is 16.2. The van der Waals surface area contributed by atoms with Gasteiger partial charge in [-0.15, -0.1) is 0 Å². The van der Waals surface area contributed by atoms with Crippen LogP contribution in [-0.4, -0.2) is 45.8 Å². The van der Waals surface area contributed by atoms with Gasteiger partial charge in [0.2, 0.25) is 5.78 Å². The monoisotopic (exact) mass is 364 g/mol. The number of carbonyl (C=O) groups excluding carboxylic acids is 3. The fourth-order valence-corrected chi connectivity index (χ4v) is 2.95. The standard InChI is InChI=1S/C19H26BFO5/c1-12-13(17(23)18(25-2)15(20)16(12)22)10-8-6-4-5-7-9-11-14(21)19(24)26-3/h14H,4-11H2,1-3H3. The molecule has 0 saturated carbocycles. The van der Waals surface area contributed by atoms with E-state index in [1.807, 2.05) is 0 Å². The highest BCUT2D eigenvalue weighted by Gasteiger charge is 2.30. The number of carbonyl (C=O) groups is 3. The maximum absolute atomic E-state index is 13.3. The van der Waals surface area contributed by atoms with E-state index in [-0.39, 0.29) is 29.2 Å². The number of esters is 1. The Bertz CT molecular complexity index is 609. The summed E-state index contributed by atoms with van der Waals surface area (Å²) in [7, 11) is 8.15. The Balaban J connectivity index is 2.29. The van der Waals surface area contributed by atoms with Crippen LogP contribution in [0.3, 0.4) is 0 Å². The molecule has 1 unspecified atom stereocenters. The average molecular weight is 364 g/mol. The van der Waals surface area contributed by atoms with Crippen molar-refractivity contribution in [1.29, 1.82) is 0 Å². The number of rotatable bonds is 11. The second-order valence-corrected chi connectivity index (χ2v) is 6.36. The highest BCUT2D eigenvalue weighted by atomic mass is 19.1. The largest absolute Gasteiger partial charge is 0.493 e. The van der Waals surface area contributed by atoms with E-state index in [2.05, 4.69) is 4.74 Å². The summed E-state index contributed by atoms with van der Waals surface area (Å²) in [6, 6.07) is 0. The van der Waals surface area contributed by atoms with E-state index in [0.717, 1.165) is 32.1 Å². The molecule has 5 nitrogen and oxygen atoms in total. The molecule has 0 saturated heterocycles. The Morgan fingerprint density at radius 2 is 1.62 bits per heavy atom. The van der Waals surface area contributed by atoms with E-state index in [1.165, 1.54) is 14.2 Å². The van der Waals surface area contributed by atoms with Gasteiger partial charge in [-0.1, -0.05) is 25.7 Å². The highest BCUT2D eigenvalue weighted by molar-refractivity contribution is 6.45. The van der Waals surface area contributed by atoms with Crippen molar-refractivity contribution in [2.45, 2.75) is 64.5 Å². The van der Waals surface area contributed by atoms with E-state index in [0.29, 0.717) is 24.0 Å². The molecule has 0 N–H and O–H groups in total. The first kappa shape index (κ1) is 22.1. The fourth-order valence-electron chi connectivity index (χ4n) is 2.95. The molecule has 142 valence electrons. The molecule has 1 aliphatic rings. The van der Waals surface area contributed by atoms with E-state index < -0.39 is 12.1 Å². The van der Waals surface area contributed by atoms with E-state index in [9.17, 15) is 18.8 Å². The quantitative estimate of drug-likeness (QED) is 0.244. The topological polar surface area (TPSA) is 69.7 Å². The number of alkyl halides is 1. The molecule has 0 aromatic rings. The molecule has 1 atom stereocenters. The maximum atomic E-state index is 13.3. The van der Waals surface area contributed by atoms with Gasteiger partial charge in [0.15, 0.2) is 17.7 Å². The second-order valence-electron chi connectivity index (χ2n) is 6.36. The molecule has 1 rings (SSSR count). The number of allylic oxidation sites excluding steroid dienone is 3. The molecule has 0 aromatic heterocycles. The molecule has 7 heteroatoms. The molecule has 0 aliphatic heterocycles. The summed E-state index contributed by atoms with van der Waals surface area (Å²) in [4.78, 5) is 35.3. The van der Waals surface area contributed by atoms with Gasteiger partial charge in [-0.25, -0.2) is 9.18 Å². The zero-order chi connectivity index (χ0) is 19.7. The zero-order valence-corrected chi connectivity index (χ0v) is 15.7. The van der Waals surface area contributed by atoms with Crippen molar-refractivity contribution in [3.8, 4) is 0 Å². The van der Waals surface area contributed by atoms with Crippen LogP contribution in [0.15, 0.2) is 22.4 Å². The van der Waals surface area contributed by atoms with Crippen LogP contribution in [0.1, 0.15) is 58.3 Å². The van der Waals surface area contributed by atoms with Gasteiger partial charge in [0.05, 0.1) is 14.2 Å². The van der Waals surface area contributed by atoms with Gasteiger partial charge >= 0.3 is 5.97 Å². The van der Waals surface area contributed by atoms with Crippen LogP contribution in [-0.2, 0) is 23.9 Å². The van der Waals surface area contributed by atoms with Crippen LogP contribution in [0.5, 0.6) is 0 Å². The molecule has 0 heterocycles. The summed E-state index contributed by atoms with van der Waals surface area (Å²) in [6.07, 6.45) is 4.16. The van der Waals surface area contributed by atoms with Gasteiger partial charge in [0.25, 0.3) is 0 Å². The van der Waals surface area contributed by atoms with Gasteiger partial charge in [-0.3, -0.25) is 9.59 Å². The molecule has 0 bridgehead atoms. The lowest BCUT2D eigenvalue weighted by Crippen LogP contribution is -2.24. The minimum Gasteiger partial charge on any atom is -0.493 e. The Labute approximate surface area is 155 Å². The SMILES string of the molecule is [B]C1=C(OC)C(=O)C(CCCCCCCCC(F)C(=O)OC)=C(C)C1=O. The summed E-state index contributed by atoms with van der Waals surface area (Å²) in [6.45, 7) is 1.61.